The highest BCUT2D eigenvalue weighted by Gasteiger charge is 2.43. The molecular weight excluding hydrogens is 230 g/mol. The Labute approximate surface area is 107 Å². The molecular formula is C13H19N3O2. The fourth-order valence-corrected chi connectivity index (χ4v) is 2.23. The van der Waals surface area contributed by atoms with E-state index in [-0.39, 0.29) is 11.3 Å². The first-order valence-corrected chi connectivity index (χ1v) is 6.18. The number of hydrogen-bond acceptors (Lipinski definition) is 4. The summed E-state index contributed by atoms with van der Waals surface area (Å²) in [6, 6.07) is 3.45. The molecule has 5 nitrogen and oxygen atoms in total. The van der Waals surface area contributed by atoms with Gasteiger partial charge in [-0.15, -0.1) is 0 Å². The van der Waals surface area contributed by atoms with Crippen LogP contribution in [0.1, 0.15) is 25.7 Å². The molecule has 0 spiro atoms. The number of aromatic nitrogens is 1. The SMILES string of the molecule is COCCC1(C(=O)Nc2ccc(N)nc2)CCC1. The Morgan fingerprint density at radius 2 is 2.33 bits per heavy atom. The van der Waals surface area contributed by atoms with Gasteiger partial charge in [-0.2, -0.15) is 0 Å². The predicted molar refractivity (Wildman–Crippen MR) is 70.1 cm³/mol. The third-order valence-electron chi connectivity index (χ3n) is 3.62. The summed E-state index contributed by atoms with van der Waals surface area (Å²) in [4.78, 5) is 16.2. The van der Waals surface area contributed by atoms with E-state index < -0.39 is 0 Å². The number of carbonyl (C=O) groups is 1. The molecule has 2 rings (SSSR count). The summed E-state index contributed by atoms with van der Waals surface area (Å²) in [6.07, 6.45) is 5.33. The van der Waals surface area contributed by atoms with Crippen LogP contribution in [0.2, 0.25) is 0 Å². The number of amides is 1. The number of hydrogen-bond donors (Lipinski definition) is 2. The van der Waals surface area contributed by atoms with E-state index in [4.69, 9.17) is 10.5 Å². The van der Waals surface area contributed by atoms with Crippen molar-refractivity contribution < 1.29 is 9.53 Å². The van der Waals surface area contributed by atoms with Gasteiger partial charge < -0.3 is 15.8 Å². The van der Waals surface area contributed by atoms with E-state index in [1.807, 2.05) is 0 Å². The van der Waals surface area contributed by atoms with Crippen molar-refractivity contribution in [2.24, 2.45) is 5.41 Å². The van der Waals surface area contributed by atoms with Crippen LogP contribution in [-0.4, -0.2) is 24.6 Å². The standard InChI is InChI=1S/C13H19N3O2/c1-18-8-7-13(5-2-6-13)12(17)16-10-3-4-11(14)15-9-10/h3-4,9H,2,5-8H2,1H3,(H2,14,15)(H,16,17). The molecule has 0 aliphatic heterocycles. The maximum Gasteiger partial charge on any atom is 0.230 e. The molecule has 1 aliphatic rings. The number of carbonyl (C=O) groups excluding carboxylic acids is 1. The molecule has 1 saturated carbocycles. The van der Waals surface area contributed by atoms with Crippen molar-refractivity contribution in [3.05, 3.63) is 18.3 Å². The quantitative estimate of drug-likeness (QED) is 0.834. The largest absolute Gasteiger partial charge is 0.385 e. The van der Waals surface area contributed by atoms with E-state index in [9.17, 15) is 4.79 Å². The number of nitrogens with zero attached hydrogens (tertiary/aromatic N) is 1. The lowest BCUT2D eigenvalue weighted by Gasteiger charge is -2.40. The van der Waals surface area contributed by atoms with Crippen LogP contribution < -0.4 is 11.1 Å². The van der Waals surface area contributed by atoms with Gasteiger partial charge in [0.1, 0.15) is 5.82 Å². The molecule has 1 aliphatic carbocycles. The summed E-state index contributed by atoms with van der Waals surface area (Å²) in [6.45, 7) is 0.618. The van der Waals surface area contributed by atoms with Gasteiger partial charge in [-0.3, -0.25) is 4.79 Å². The molecule has 0 radical (unpaired) electrons. The zero-order valence-electron chi connectivity index (χ0n) is 10.6. The molecule has 1 aromatic heterocycles. The zero-order valence-corrected chi connectivity index (χ0v) is 10.6. The maximum absolute atomic E-state index is 12.3. The minimum absolute atomic E-state index is 0.0670. The van der Waals surface area contributed by atoms with Crippen LogP contribution in [0.3, 0.4) is 0 Å². The van der Waals surface area contributed by atoms with Gasteiger partial charge in [0.15, 0.2) is 0 Å². The number of rotatable bonds is 5. The molecule has 0 saturated heterocycles. The Hall–Kier alpha value is -1.62. The molecule has 1 heterocycles. The topological polar surface area (TPSA) is 77.2 Å². The van der Waals surface area contributed by atoms with E-state index in [2.05, 4.69) is 10.3 Å². The van der Waals surface area contributed by atoms with E-state index >= 15 is 0 Å². The molecule has 1 fully saturated rings. The number of nitrogen functional groups attached to an aromatic ring is 1. The second-order valence-electron chi connectivity index (χ2n) is 4.80. The number of pyridine rings is 1. The van der Waals surface area contributed by atoms with E-state index in [0.29, 0.717) is 18.1 Å². The molecule has 5 heteroatoms. The average molecular weight is 249 g/mol. The Morgan fingerprint density at radius 1 is 1.56 bits per heavy atom. The van der Waals surface area contributed by atoms with Crippen LogP contribution >= 0.6 is 0 Å². The summed E-state index contributed by atoms with van der Waals surface area (Å²) in [5.41, 5.74) is 5.95. The molecule has 0 atom stereocenters. The van der Waals surface area contributed by atoms with Crippen LogP contribution in [0, 0.1) is 5.41 Å². The minimum atomic E-state index is -0.253. The van der Waals surface area contributed by atoms with Crippen molar-refractivity contribution in [2.75, 3.05) is 24.8 Å². The van der Waals surface area contributed by atoms with Crippen LogP contribution in [0.5, 0.6) is 0 Å². The van der Waals surface area contributed by atoms with Gasteiger partial charge in [-0.25, -0.2) is 4.98 Å². The summed E-state index contributed by atoms with van der Waals surface area (Å²) >= 11 is 0. The van der Waals surface area contributed by atoms with Crippen LogP contribution in [0.4, 0.5) is 11.5 Å². The predicted octanol–water partition coefficient (Wildman–Crippen LogP) is 1.81. The fourth-order valence-electron chi connectivity index (χ4n) is 2.23. The highest BCUT2D eigenvalue weighted by molar-refractivity contribution is 5.95. The first-order valence-electron chi connectivity index (χ1n) is 6.18. The van der Waals surface area contributed by atoms with Crippen LogP contribution in [-0.2, 0) is 9.53 Å². The molecule has 0 bridgehead atoms. The number of ether oxygens (including phenoxy) is 1. The third-order valence-corrected chi connectivity index (χ3v) is 3.62. The second-order valence-corrected chi connectivity index (χ2v) is 4.80. The van der Waals surface area contributed by atoms with Gasteiger partial charge >= 0.3 is 0 Å². The van der Waals surface area contributed by atoms with Gasteiger partial charge in [0.05, 0.1) is 17.3 Å². The van der Waals surface area contributed by atoms with Crippen molar-refractivity contribution >= 4 is 17.4 Å². The van der Waals surface area contributed by atoms with Gasteiger partial charge in [0, 0.05) is 13.7 Å². The Bertz CT molecular complexity index is 413. The van der Waals surface area contributed by atoms with Crippen molar-refractivity contribution in [2.45, 2.75) is 25.7 Å². The number of nitrogens with two attached hydrogens (primary N) is 1. The lowest BCUT2D eigenvalue weighted by molar-refractivity contribution is -0.131. The highest BCUT2D eigenvalue weighted by atomic mass is 16.5. The Morgan fingerprint density at radius 3 is 2.83 bits per heavy atom. The van der Waals surface area contributed by atoms with Crippen molar-refractivity contribution in [3.63, 3.8) is 0 Å². The highest BCUT2D eigenvalue weighted by Crippen LogP contribution is 2.44. The van der Waals surface area contributed by atoms with Crippen LogP contribution in [0.15, 0.2) is 18.3 Å². The number of anilines is 2. The van der Waals surface area contributed by atoms with E-state index in [1.54, 1.807) is 25.4 Å². The molecule has 98 valence electrons. The molecule has 3 N–H and O–H groups in total. The van der Waals surface area contributed by atoms with E-state index in [0.717, 1.165) is 25.7 Å². The lowest BCUT2D eigenvalue weighted by Crippen LogP contribution is -2.42. The Balaban J connectivity index is 1.99. The van der Waals surface area contributed by atoms with Crippen molar-refractivity contribution in [1.29, 1.82) is 0 Å². The fraction of sp³-hybridized carbons (Fsp3) is 0.538. The molecule has 1 amide bonds. The third kappa shape index (κ3) is 2.61. The van der Waals surface area contributed by atoms with Crippen molar-refractivity contribution in [3.8, 4) is 0 Å². The maximum atomic E-state index is 12.3. The average Bonchev–Trinajstić information content (AvgIpc) is 2.31. The summed E-state index contributed by atoms with van der Waals surface area (Å²) in [7, 11) is 1.66. The lowest BCUT2D eigenvalue weighted by atomic mass is 9.66. The van der Waals surface area contributed by atoms with E-state index in [1.165, 1.54) is 0 Å². The first kappa shape index (κ1) is 12.8. The minimum Gasteiger partial charge on any atom is -0.385 e. The summed E-state index contributed by atoms with van der Waals surface area (Å²) < 4.78 is 5.08. The number of methoxy groups -OCH3 is 1. The molecule has 18 heavy (non-hydrogen) atoms. The monoisotopic (exact) mass is 249 g/mol. The summed E-state index contributed by atoms with van der Waals surface area (Å²) in [5, 5.41) is 2.91. The normalized spacial score (nSPS) is 16.9. The van der Waals surface area contributed by atoms with Crippen LogP contribution in [0.25, 0.3) is 0 Å². The zero-order chi connectivity index (χ0) is 13.0. The summed E-state index contributed by atoms with van der Waals surface area (Å²) in [5.74, 6) is 0.517. The van der Waals surface area contributed by atoms with Gasteiger partial charge in [-0.05, 0) is 31.4 Å². The second kappa shape index (κ2) is 5.35. The van der Waals surface area contributed by atoms with Crippen molar-refractivity contribution in [1.82, 2.24) is 4.98 Å². The smallest absolute Gasteiger partial charge is 0.230 e. The molecule has 0 aromatic carbocycles. The van der Waals surface area contributed by atoms with Gasteiger partial charge in [0.2, 0.25) is 5.91 Å². The molecule has 0 unspecified atom stereocenters. The Kier molecular flexibility index (Phi) is 3.81. The van der Waals surface area contributed by atoms with Gasteiger partial charge in [0.25, 0.3) is 0 Å². The van der Waals surface area contributed by atoms with Gasteiger partial charge in [-0.1, -0.05) is 6.42 Å². The number of nitrogens with one attached hydrogen (secondary N) is 1. The molecule has 1 aromatic rings. The first-order chi connectivity index (χ1) is 8.66.